The number of para-hydroxylation sites is 2. The van der Waals surface area contributed by atoms with E-state index in [0.29, 0.717) is 65.3 Å². The van der Waals surface area contributed by atoms with E-state index in [-0.39, 0.29) is 98.6 Å². The van der Waals surface area contributed by atoms with Gasteiger partial charge < -0.3 is 34.6 Å². The minimum Gasteiger partial charge on any atom is -0.493 e. The Kier molecular flexibility index (Phi) is 19.0. The van der Waals surface area contributed by atoms with Crippen molar-refractivity contribution in [3.05, 3.63) is 153 Å². The zero-order valence-corrected chi connectivity index (χ0v) is 48.2. The van der Waals surface area contributed by atoms with Gasteiger partial charge in [-0.05, 0) is 165 Å². The molecular formula is C64H67N5O14S. The highest BCUT2D eigenvalue weighted by Gasteiger charge is 2.39. The molecule has 10 rings (SSSR count). The van der Waals surface area contributed by atoms with E-state index in [1.54, 1.807) is 33.1 Å². The van der Waals surface area contributed by atoms with Crippen molar-refractivity contribution in [2.75, 3.05) is 28.8 Å². The SMILES string of the molecule is COc1cc2c(cc1OCc1cc(COc3cc4c(cc3C)C(=O)N3c5ccccc5CC3CC4)cc(NC(=O)C(C)CC(=O)C(C)NC(=O)CCCCC(=O)CCCN3C(=O)C=CC3=O)c1)CCC1Cc3ccccc3N1C2=O.O=S(=O)=O. The minimum absolute atomic E-state index is 0.00643. The molecule has 0 aliphatic carbocycles. The van der Waals surface area contributed by atoms with Crippen LogP contribution in [0.3, 0.4) is 0 Å². The van der Waals surface area contributed by atoms with Crippen molar-refractivity contribution >= 4 is 74.7 Å². The van der Waals surface area contributed by atoms with Crippen molar-refractivity contribution < 1.29 is 65.2 Å². The average molecular weight is 1160 g/mol. The number of nitrogens with zero attached hydrogens (tertiary/aromatic N) is 3. The van der Waals surface area contributed by atoms with Gasteiger partial charge in [-0.3, -0.25) is 43.3 Å². The number of hydrogen-bond acceptors (Lipinski definition) is 14. The van der Waals surface area contributed by atoms with Gasteiger partial charge in [0.25, 0.3) is 23.6 Å². The van der Waals surface area contributed by atoms with Crippen LogP contribution in [-0.4, -0.2) is 96.3 Å². The number of unbranched alkanes of at least 4 members (excludes halogenated alkanes) is 1. The Hall–Kier alpha value is -8.78. The van der Waals surface area contributed by atoms with Crippen molar-refractivity contribution in [1.29, 1.82) is 0 Å². The number of carbonyl (C=O) groups excluding carboxylic acids is 8. The lowest BCUT2D eigenvalue weighted by molar-refractivity contribution is -0.137. The monoisotopic (exact) mass is 1160 g/mol. The van der Waals surface area contributed by atoms with Gasteiger partial charge in [0.1, 0.15) is 24.7 Å². The van der Waals surface area contributed by atoms with Gasteiger partial charge in [-0.2, -0.15) is 0 Å². The largest absolute Gasteiger partial charge is 0.493 e. The van der Waals surface area contributed by atoms with Gasteiger partial charge in [-0.25, -0.2) is 0 Å². The van der Waals surface area contributed by atoms with Crippen molar-refractivity contribution in [2.45, 2.75) is 136 Å². The van der Waals surface area contributed by atoms with Crippen LogP contribution in [0.5, 0.6) is 17.2 Å². The molecule has 0 bridgehead atoms. The number of imide groups is 1. The van der Waals surface area contributed by atoms with E-state index >= 15 is 0 Å². The number of aryl methyl sites for hydroxylation is 3. The van der Waals surface area contributed by atoms with Crippen molar-refractivity contribution in [3.8, 4) is 17.2 Å². The maximum Gasteiger partial charge on any atom is 0.425 e. The Morgan fingerprint density at radius 1 is 0.643 bits per heavy atom. The lowest BCUT2D eigenvalue weighted by atomic mass is 9.98. The van der Waals surface area contributed by atoms with Crippen LogP contribution in [0.4, 0.5) is 17.1 Å². The molecule has 84 heavy (non-hydrogen) atoms. The van der Waals surface area contributed by atoms with Gasteiger partial charge in [0.05, 0.1) is 13.2 Å². The molecule has 2 N–H and O–H groups in total. The summed E-state index contributed by atoms with van der Waals surface area (Å²) in [5.41, 5.74) is 10.0. The first kappa shape index (κ1) is 59.8. The van der Waals surface area contributed by atoms with Crippen LogP contribution in [0.15, 0.2) is 103 Å². The lowest BCUT2D eigenvalue weighted by Crippen LogP contribution is -2.39. The molecule has 5 aromatic rings. The second-order valence-electron chi connectivity index (χ2n) is 22.0. The van der Waals surface area contributed by atoms with E-state index in [0.717, 1.165) is 76.2 Å². The van der Waals surface area contributed by atoms with Crippen molar-refractivity contribution in [2.24, 2.45) is 5.92 Å². The number of hydrogen-bond donors (Lipinski definition) is 2. The Morgan fingerprint density at radius 2 is 1.17 bits per heavy atom. The summed E-state index contributed by atoms with van der Waals surface area (Å²) in [5.74, 6) is -1.17. The Balaban J connectivity index is 0.00000205. The van der Waals surface area contributed by atoms with E-state index in [1.807, 2.05) is 83.5 Å². The van der Waals surface area contributed by atoms with Crippen LogP contribution in [0.1, 0.15) is 131 Å². The second-order valence-corrected chi connectivity index (χ2v) is 22.4. The van der Waals surface area contributed by atoms with E-state index in [1.165, 1.54) is 17.7 Å². The number of carbonyl (C=O) groups is 8. The van der Waals surface area contributed by atoms with E-state index < -0.39 is 28.5 Å². The standard InChI is InChI=1S/C64H67N5O11.O3S/c1-38-26-51-43(19-21-48-31-45-12-5-8-16-53(45)68(48)63(51)76)33-56(38)79-36-41-28-42(37-80-58-34-44-20-22-49-32-46-13-6-9-17-54(46)69(49)64(77)52(44)35-57(58)78-4)30-47(29-41)66-62(75)39(2)27-55(71)40(3)65-59(72)18-10-7-14-50(70)15-11-25-67-60(73)23-24-61(67)74;1-4(2)3/h5-6,8-9,12-13,16-17,23-24,26,28-30,33-35,39-40,48-49H,7,10-11,14-15,18-22,25,27,31-32,36-37H2,1-4H3,(H,65,72)(H,66,75);. The predicted molar refractivity (Wildman–Crippen MR) is 311 cm³/mol. The van der Waals surface area contributed by atoms with Crippen molar-refractivity contribution in [1.82, 2.24) is 10.2 Å². The highest BCUT2D eigenvalue weighted by Crippen LogP contribution is 2.42. The molecule has 5 heterocycles. The number of Topliss-reactive ketones (excluding diaryl/α,β-unsaturated/α-hetero) is 2. The second kappa shape index (κ2) is 26.6. The number of methoxy groups -OCH3 is 1. The molecule has 4 atom stereocenters. The van der Waals surface area contributed by atoms with Crippen LogP contribution in [0, 0.1) is 12.8 Å². The van der Waals surface area contributed by atoms with E-state index in [2.05, 4.69) is 22.8 Å². The fraction of sp³-hybridized carbons (Fsp3) is 0.375. The summed E-state index contributed by atoms with van der Waals surface area (Å²) in [6, 6.07) is 28.5. The number of nitrogens with one attached hydrogen (secondary N) is 2. The third kappa shape index (κ3) is 14.0. The predicted octanol–water partition coefficient (Wildman–Crippen LogP) is 8.07. The topological polar surface area (TPSA) is 249 Å². The van der Waals surface area contributed by atoms with Gasteiger partial charge in [0.2, 0.25) is 11.8 Å². The molecular weight excluding hydrogens is 1090 g/mol. The Bertz CT molecular complexity index is 3580. The highest BCUT2D eigenvalue weighted by molar-refractivity contribution is 7.59. The third-order valence-electron chi connectivity index (χ3n) is 16.1. The first-order valence-corrected chi connectivity index (χ1v) is 29.4. The number of rotatable bonds is 22. The van der Waals surface area contributed by atoms with Gasteiger partial charge >= 0.3 is 10.6 Å². The fourth-order valence-electron chi connectivity index (χ4n) is 11.8. The summed E-state index contributed by atoms with van der Waals surface area (Å²) in [5, 5.41) is 5.74. The van der Waals surface area contributed by atoms with Crippen LogP contribution in [0.2, 0.25) is 0 Å². The minimum atomic E-state index is -3.11. The molecule has 0 saturated carbocycles. The van der Waals surface area contributed by atoms with Gasteiger partial charge in [-0.15, -0.1) is 12.6 Å². The summed E-state index contributed by atoms with van der Waals surface area (Å²) in [4.78, 5) is 109. The maximum atomic E-state index is 14.2. The molecule has 438 valence electrons. The number of benzene rings is 5. The zero-order chi connectivity index (χ0) is 59.8. The summed E-state index contributed by atoms with van der Waals surface area (Å²) in [6.07, 6.45) is 8.78. The summed E-state index contributed by atoms with van der Waals surface area (Å²) in [7, 11) is -1.57. The summed E-state index contributed by atoms with van der Waals surface area (Å²) < 4.78 is 44.2. The first-order valence-electron chi connectivity index (χ1n) is 28.4. The third-order valence-corrected chi connectivity index (χ3v) is 16.1. The Labute approximate surface area is 488 Å². The van der Waals surface area contributed by atoms with E-state index in [4.69, 9.17) is 26.8 Å². The van der Waals surface area contributed by atoms with Crippen LogP contribution in [0.25, 0.3) is 0 Å². The maximum absolute atomic E-state index is 14.2. The smallest absolute Gasteiger partial charge is 0.425 e. The lowest BCUT2D eigenvalue weighted by Gasteiger charge is -2.23. The molecule has 0 saturated heterocycles. The van der Waals surface area contributed by atoms with Gasteiger partial charge in [0.15, 0.2) is 17.3 Å². The molecule has 6 amide bonds. The Morgan fingerprint density at radius 3 is 1.75 bits per heavy atom. The molecule has 19 nitrogen and oxygen atoms in total. The molecule has 0 fully saturated rings. The van der Waals surface area contributed by atoms with Crippen molar-refractivity contribution in [3.63, 3.8) is 0 Å². The molecule has 0 spiro atoms. The zero-order valence-electron chi connectivity index (χ0n) is 47.4. The molecule has 0 radical (unpaired) electrons. The number of ether oxygens (including phenoxy) is 3. The number of anilines is 3. The molecule has 5 aromatic carbocycles. The molecule has 5 aliphatic heterocycles. The number of ketones is 2. The first-order chi connectivity index (χ1) is 40.3. The number of amides is 6. The molecule has 20 heteroatoms. The summed E-state index contributed by atoms with van der Waals surface area (Å²) in [6.45, 7) is 5.52. The van der Waals surface area contributed by atoms with Crippen LogP contribution >= 0.6 is 0 Å². The molecule has 4 unspecified atom stereocenters. The summed E-state index contributed by atoms with van der Waals surface area (Å²) >= 11 is 0. The van der Waals surface area contributed by atoms with Crippen LogP contribution in [-0.2, 0) is 78.3 Å². The van der Waals surface area contributed by atoms with Crippen LogP contribution < -0.4 is 34.6 Å². The fourth-order valence-corrected chi connectivity index (χ4v) is 11.8. The quantitative estimate of drug-likeness (QED) is 0.0491. The number of fused-ring (bicyclic) bond motifs is 8. The molecule has 0 aromatic heterocycles. The highest BCUT2D eigenvalue weighted by atomic mass is 32.2. The molecule has 5 aliphatic rings. The average Bonchev–Trinajstić information content (AvgIpc) is 2.68. The van der Waals surface area contributed by atoms with Gasteiger partial charge in [-0.1, -0.05) is 43.3 Å². The van der Waals surface area contributed by atoms with E-state index in [9.17, 15) is 38.4 Å². The van der Waals surface area contributed by atoms with Gasteiger partial charge in [0, 0.05) is 90.6 Å². The normalized spacial score (nSPS) is 17.0.